The molecule has 0 aliphatic heterocycles. The van der Waals surface area contributed by atoms with Gasteiger partial charge in [0.25, 0.3) is 0 Å². The van der Waals surface area contributed by atoms with Gasteiger partial charge in [-0.3, -0.25) is 0 Å². The van der Waals surface area contributed by atoms with E-state index < -0.39 is 0 Å². The minimum absolute atomic E-state index is 0.00519. The lowest BCUT2D eigenvalue weighted by Gasteiger charge is -2.24. The molecule has 0 radical (unpaired) electrons. The van der Waals surface area contributed by atoms with Gasteiger partial charge in [-0.15, -0.1) is 0 Å². The topological polar surface area (TPSA) is 53.1 Å². The van der Waals surface area contributed by atoms with E-state index in [1.54, 1.807) is 7.11 Å². The van der Waals surface area contributed by atoms with Gasteiger partial charge in [0.05, 0.1) is 24.7 Å². The first-order valence-corrected chi connectivity index (χ1v) is 5.34. The van der Waals surface area contributed by atoms with Crippen molar-refractivity contribution in [2.75, 3.05) is 13.7 Å². The van der Waals surface area contributed by atoms with Crippen LogP contribution >= 0.6 is 0 Å². The van der Waals surface area contributed by atoms with Gasteiger partial charge in [-0.1, -0.05) is 13.8 Å². The van der Waals surface area contributed by atoms with Crippen molar-refractivity contribution in [3.05, 3.63) is 18.2 Å². The maximum Gasteiger partial charge on any atom is 0.0952 e. The van der Waals surface area contributed by atoms with Crippen LogP contribution in [0.2, 0.25) is 0 Å². The number of rotatable bonds is 5. The molecule has 1 unspecified atom stereocenters. The van der Waals surface area contributed by atoms with E-state index in [0.717, 1.165) is 5.69 Å². The molecule has 0 fully saturated rings. The Kier molecular flexibility index (Phi) is 4.29. The van der Waals surface area contributed by atoms with Gasteiger partial charge in [0, 0.05) is 19.3 Å². The molecule has 0 aliphatic rings. The van der Waals surface area contributed by atoms with Crippen LogP contribution in [0.1, 0.15) is 38.5 Å². The van der Waals surface area contributed by atoms with E-state index in [0.29, 0.717) is 18.6 Å². The van der Waals surface area contributed by atoms with Crippen molar-refractivity contribution in [2.45, 2.75) is 32.9 Å². The minimum Gasteiger partial charge on any atom is -0.383 e. The Morgan fingerprint density at radius 3 is 2.60 bits per heavy atom. The smallest absolute Gasteiger partial charge is 0.0952 e. The molecule has 1 aromatic heterocycles. The number of nitrogens with zero attached hydrogens (tertiary/aromatic N) is 2. The van der Waals surface area contributed by atoms with Gasteiger partial charge in [-0.05, 0) is 12.8 Å². The Labute approximate surface area is 91.4 Å². The lowest BCUT2D eigenvalue weighted by molar-refractivity contribution is 0.131. The van der Waals surface area contributed by atoms with Crippen LogP contribution in [0.15, 0.2) is 12.5 Å². The highest BCUT2D eigenvalue weighted by atomic mass is 16.5. The van der Waals surface area contributed by atoms with Gasteiger partial charge in [0.2, 0.25) is 0 Å². The summed E-state index contributed by atoms with van der Waals surface area (Å²) in [5.74, 6) is 0.497. The Balaban J connectivity index is 2.94. The van der Waals surface area contributed by atoms with Crippen LogP contribution in [0.25, 0.3) is 0 Å². The molecule has 15 heavy (non-hydrogen) atoms. The second kappa shape index (κ2) is 5.28. The van der Waals surface area contributed by atoms with E-state index >= 15 is 0 Å². The molecule has 4 nitrogen and oxygen atoms in total. The Bertz CT molecular complexity index is 294. The largest absolute Gasteiger partial charge is 0.383 e. The minimum atomic E-state index is 0.00519. The number of aromatic nitrogens is 2. The molecule has 0 aliphatic carbocycles. The Hall–Kier alpha value is -0.870. The van der Waals surface area contributed by atoms with Crippen molar-refractivity contribution in [2.24, 2.45) is 11.7 Å². The first-order chi connectivity index (χ1) is 7.07. The monoisotopic (exact) mass is 211 g/mol. The highest BCUT2D eigenvalue weighted by Gasteiger charge is 2.19. The van der Waals surface area contributed by atoms with Crippen molar-refractivity contribution in [1.29, 1.82) is 0 Å². The Morgan fingerprint density at radius 2 is 2.13 bits per heavy atom. The van der Waals surface area contributed by atoms with Crippen LogP contribution in [0.5, 0.6) is 0 Å². The molecule has 2 atom stereocenters. The van der Waals surface area contributed by atoms with Crippen LogP contribution < -0.4 is 5.73 Å². The van der Waals surface area contributed by atoms with Gasteiger partial charge < -0.3 is 15.0 Å². The Morgan fingerprint density at radius 1 is 1.47 bits per heavy atom. The van der Waals surface area contributed by atoms with Gasteiger partial charge in [-0.2, -0.15) is 0 Å². The van der Waals surface area contributed by atoms with Crippen LogP contribution in [0.4, 0.5) is 0 Å². The van der Waals surface area contributed by atoms with E-state index in [2.05, 4.69) is 23.4 Å². The van der Waals surface area contributed by atoms with E-state index in [1.165, 1.54) is 0 Å². The van der Waals surface area contributed by atoms with Gasteiger partial charge in [-0.25, -0.2) is 4.98 Å². The van der Waals surface area contributed by atoms with E-state index in [4.69, 9.17) is 10.5 Å². The summed E-state index contributed by atoms with van der Waals surface area (Å²) in [6.07, 6.45) is 3.66. The quantitative estimate of drug-likeness (QED) is 0.807. The summed E-state index contributed by atoms with van der Waals surface area (Å²) in [4.78, 5) is 4.16. The summed E-state index contributed by atoms with van der Waals surface area (Å²) < 4.78 is 7.36. The van der Waals surface area contributed by atoms with Gasteiger partial charge >= 0.3 is 0 Å². The average Bonchev–Trinajstić information content (AvgIpc) is 2.61. The molecular weight excluding hydrogens is 190 g/mol. The number of hydrogen-bond donors (Lipinski definition) is 1. The average molecular weight is 211 g/mol. The molecular formula is C11H21N3O. The van der Waals surface area contributed by atoms with Crippen molar-refractivity contribution < 1.29 is 4.74 Å². The third kappa shape index (κ3) is 2.79. The summed E-state index contributed by atoms with van der Waals surface area (Å²) in [5, 5.41) is 0. The highest BCUT2D eigenvalue weighted by Crippen LogP contribution is 2.22. The zero-order valence-electron chi connectivity index (χ0n) is 9.97. The molecule has 0 bridgehead atoms. The summed E-state index contributed by atoms with van der Waals surface area (Å²) in [7, 11) is 1.72. The predicted molar refractivity (Wildman–Crippen MR) is 60.6 cm³/mol. The van der Waals surface area contributed by atoms with E-state index in [9.17, 15) is 0 Å². The molecule has 1 aromatic rings. The van der Waals surface area contributed by atoms with Crippen molar-refractivity contribution >= 4 is 0 Å². The third-order valence-corrected chi connectivity index (χ3v) is 2.63. The molecule has 2 N–H and O–H groups in total. The summed E-state index contributed by atoms with van der Waals surface area (Å²) in [6.45, 7) is 7.01. The highest BCUT2D eigenvalue weighted by molar-refractivity contribution is 5.05. The van der Waals surface area contributed by atoms with Crippen LogP contribution in [-0.4, -0.2) is 23.3 Å². The first kappa shape index (κ1) is 12.2. The predicted octanol–water partition coefficient (Wildman–Crippen LogP) is 1.75. The maximum atomic E-state index is 5.89. The molecule has 0 spiro atoms. The molecule has 4 heteroatoms. The summed E-state index contributed by atoms with van der Waals surface area (Å²) >= 11 is 0. The van der Waals surface area contributed by atoms with Crippen LogP contribution in [-0.2, 0) is 4.74 Å². The van der Waals surface area contributed by atoms with Gasteiger partial charge in [0.1, 0.15) is 0 Å². The van der Waals surface area contributed by atoms with E-state index in [-0.39, 0.29) is 6.04 Å². The van der Waals surface area contributed by atoms with Crippen molar-refractivity contribution in [1.82, 2.24) is 9.55 Å². The lowest BCUT2D eigenvalue weighted by atomic mass is 10.0. The third-order valence-electron chi connectivity index (χ3n) is 2.63. The normalized spacial score (nSPS) is 15.6. The van der Waals surface area contributed by atoms with Crippen molar-refractivity contribution in [3.63, 3.8) is 0 Å². The fourth-order valence-electron chi connectivity index (χ4n) is 1.71. The van der Waals surface area contributed by atoms with Crippen molar-refractivity contribution in [3.8, 4) is 0 Å². The van der Waals surface area contributed by atoms with Crippen LogP contribution in [0.3, 0.4) is 0 Å². The molecule has 1 rings (SSSR count). The fraction of sp³-hybridized carbons (Fsp3) is 0.727. The second-order valence-electron chi connectivity index (χ2n) is 4.28. The molecule has 0 amide bonds. The number of methoxy groups -OCH3 is 1. The van der Waals surface area contributed by atoms with E-state index in [1.807, 2.05) is 19.4 Å². The summed E-state index contributed by atoms with van der Waals surface area (Å²) in [6, 6.07) is 0.309. The maximum absolute atomic E-state index is 5.89. The number of ether oxygens (including phenoxy) is 1. The molecule has 0 saturated heterocycles. The first-order valence-electron chi connectivity index (χ1n) is 5.34. The zero-order chi connectivity index (χ0) is 11.4. The number of hydrogen-bond acceptors (Lipinski definition) is 3. The molecule has 0 aromatic carbocycles. The lowest BCUT2D eigenvalue weighted by Crippen LogP contribution is -2.23. The molecule has 0 saturated carbocycles. The fourth-order valence-corrected chi connectivity index (χ4v) is 1.71. The number of nitrogens with two attached hydrogens (primary N) is 1. The summed E-state index contributed by atoms with van der Waals surface area (Å²) in [5.41, 5.74) is 6.95. The number of imidazole rings is 1. The molecule has 86 valence electrons. The second-order valence-corrected chi connectivity index (χ2v) is 4.28. The SMILES string of the molecule is COCC(C(C)C)n1cncc1[C@@H](C)N. The standard InChI is InChI=1S/C11H21N3O/c1-8(2)11(6-15-4)14-7-13-5-10(14)9(3)12/h5,7-9,11H,6,12H2,1-4H3/t9-,11?/m1/s1. The molecule has 1 heterocycles. The zero-order valence-corrected chi connectivity index (χ0v) is 9.97. The van der Waals surface area contributed by atoms with Crippen LogP contribution in [0, 0.1) is 5.92 Å². The van der Waals surface area contributed by atoms with Gasteiger partial charge in [0.15, 0.2) is 0 Å².